The van der Waals surface area contributed by atoms with Crippen LogP contribution in [0.1, 0.15) is 5.82 Å². The zero-order valence-electron chi connectivity index (χ0n) is 14.6. The van der Waals surface area contributed by atoms with E-state index in [9.17, 15) is 9.18 Å². The largest absolute Gasteiger partial charge is 0.399 e. The summed E-state index contributed by atoms with van der Waals surface area (Å²) in [5.74, 6) is 0.0930. The monoisotopic (exact) mass is 387 g/mol. The molecule has 0 spiro atoms. The molecule has 4 rings (SSSR count). The maximum absolute atomic E-state index is 13.5. The SMILES string of the molecule is Nc1ccc2c(=O)n(-c3ccc(F)cc3Cl)c(CN3CCNCC3)nc2c1. The number of nitrogens with two attached hydrogens (primary N) is 1. The summed E-state index contributed by atoms with van der Waals surface area (Å²) in [6, 6.07) is 9.00. The van der Waals surface area contributed by atoms with Gasteiger partial charge in [0.15, 0.2) is 0 Å². The lowest BCUT2D eigenvalue weighted by Crippen LogP contribution is -2.44. The zero-order valence-corrected chi connectivity index (χ0v) is 15.3. The molecule has 1 fully saturated rings. The van der Waals surface area contributed by atoms with Crippen LogP contribution in [0.15, 0.2) is 41.2 Å². The van der Waals surface area contributed by atoms with E-state index >= 15 is 0 Å². The minimum Gasteiger partial charge on any atom is -0.399 e. The van der Waals surface area contributed by atoms with Gasteiger partial charge in [0.25, 0.3) is 5.56 Å². The Labute approximate surface area is 160 Å². The van der Waals surface area contributed by atoms with Crippen molar-refractivity contribution in [3.05, 3.63) is 63.4 Å². The first kappa shape index (κ1) is 17.9. The number of hydrogen-bond acceptors (Lipinski definition) is 5. The number of nitrogen functional groups attached to an aromatic ring is 1. The fourth-order valence-electron chi connectivity index (χ4n) is 3.34. The van der Waals surface area contributed by atoms with Crippen LogP contribution in [0.25, 0.3) is 16.6 Å². The van der Waals surface area contributed by atoms with E-state index < -0.39 is 5.82 Å². The van der Waals surface area contributed by atoms with E-state index in [0.29, 0.717) is 34.6 Å². The molecule has 0 bridgehead atoms. The number of halogens is 2. The van der Waals surface area contributed by atoms with Crippen molar-refractivity contribution >= 4 is 28.2 Å². The molecule has 1 aliphatic heterocycles. The number of piperazine rings is 1. The maximum atomic E-state index is 13.5. The summed E-state index contributed by atoms with van der Waals surface area (Å²) >= 11 is 6.26. The van der Waals surface area contributed by atoms with Crippen molar-refractivity contribution < 1.29 is 4.39 Å². The quantitative estimate of drug-likeness (QED) is 0.673. The van der Waals surface area contributed by atoms with Gasteiger partial charge >= 0.3 is 0 Å². The minimum absolute atomic E-state index is 0.162. The average Bonchev–Trinajstić information content (AvgIpc) is 2.64. The second-order valence-corrected chi connectivity index (χ2v) is 6.97. The molecule has 1 aliphatic rings. The molecule has 140 valence electrons. The third-order valence-electron chi connectivity index (χ3n) is 4.69. The summed E-state index contributed by atoms with van der Waals surface area (Å²) in [6.45, 7) is 3.93. The molecule has 1 aromatic heterocycles. The van der Waals surface area contributed by atoms with Crippen molar-refractivity contribution in [2.45, 2.75) is 6.54 Å². The van der Waals surface area contributed by atoms with Crippen LogP contribution in [0.5, 0.6) is 0 Å². The van der Waals surface area contributed by atoms with Gasteiger partial charge in [0.2, 0.25) is 0 Å². The van der Waals surface area contributed by atoms with Crippen LogP contribution in [-0.2, 0) is 6.54 Å². The Bertz CT molecular complexity index is 1060. The van der Waals surface area contributed by atoms with Crippen molar-refractivity contribution in [3.63, 3.8) is 0 Å². The van der Waals surface area contributed by atoms with Gasteiger partial charge in [-0.1, -0.05) is 11.6 Å². The van der Waals surface area contributed by atoms with Crippen molar-refractivity contribution in [1.82, 2.24) is 19.8 Å². The van der Waals surface area contributed by atoms with Crippen LogP contribution >= 0.6 is 11.6 Å². The molecular formula is C19H19ClFN5O. The Morgan fingerprint density at radius 3 is 2.70 bits per heavy atom. The Hall–Kier alpha value is -2.48. The zero-order chi connectivity index (χ0) is 19.0. The molecule has 0 amide bonds. The predicted molar refractivity (Wildman–Crippen MR) is 105 cm³/mol. The Morgan fingerprint density at radius 2 is 1.96 bits per heavy atom. The van der Waals surface area contributed by atoms with Crippen molar-refractivity contribution in [2.24, 2.45) is 0 Å². The Morgan fingerprint density at radius 1 is 1.19 bits per heavy atom. The topological polar surface area (TPSA) is 76.2 Å². The molecule has 2 aromatic carbocycles. The van der Waals surface area contributed by atoms with Gasteiger partial charge in [0.1, 0.15) is 11.6 Å². The van der Waals surface area contributed by atoms with E-state index in [4.69, 9.17) is 22.3 Å². The first-order valence-corrected chi connectivity index (χ1v) is 9.10. The third kappa shape index (κ3) is 3.53. The molecule has 3 N–H and O–H groups in total. The van der Waals surface area contributed by atoms with Gasteiger partial charge in [-0.15, -0.1) is 0 Å². The number of rotatable bonds is 3. The van der Waals surface area contributed by atoms with Gasteiger partial charge in [-0.3, -0.25) is 14.3 Å². The van der Waals surface area contributed by atoms with E-state index in [1.165, 1.54) is 22.8 Å². The van der Waals surface area contributed by atoms with Crippen LogP contribution in [0, 0.1) is 5.82 Å². The molecule has 0 unspecified atom stereocenters. The lowest BCUT2D eigenvalue weighted by Gasteiger charge is -2.28. The van der Waals surface area contributed by atoms with Crippen LogP contribution in [-0.4, -0.2) is 40.6 Å². The summed E-state index contributed by atoms with van der Waals surface area (Å²) in [7, 11) is 0. The van der Waals surface area contributed by atoms with Crippen LogP contribution < -0.4 is 16.6 Å². The van der Waals surface area contributed by atoms with Gasteiger partial charge in [0, 0.05) is 31.9 Å². The highest BCUT2D eigenvalue weighted by atomic mass is 35.5. The Kier molecular flexibility index (Phi) is 4.82. The molecule has 0 atom stereocenters. The maximum Gasteiger partial charge on any atom is 0.266 e. The lowest BCUT2D eigenvalue weighted by atomic mass is 10.2. The number of fused-ring (bicyclic) bond motifs is 1. The summed E-state index contributed by atoms with van der Waals surface area (Å²) in [5, 5.41) is 3.90. The fraction of sp³-hybridized carbons (Fsp3) is 0.263. The summed E-state index contributed by atoms with van der Waals surface area (Å²) < 4.78 is 15.0. The molecule has 0 saturated carbocycles. The normalized spacial score (nSPS) is 15.3. The van der Waals surface area contributed by atoms with Gasteiger partial charge in [-0.2, -0.15) is 0 Å². The molecule has 2 heterocycles. The van der Waals surface area contributed by atoms with Gasteiger partial charge < -0.3 is 11.1 Å². The number of nitrogens with one attached hydrogen (secondary N) is 1. The summed E-state index contributed by atoms with van der Waals surface area (Å²) in [5.41, 5.74) is 7.12. The number of benzene rings is 2. The smallest absolute Gasteiger partial charge is 0.266 e. The van der Waals surface area contributed by atoms with Crippen LogP contribution in [0.4, 0.5) is 10.1 Å². The number of aromatic nitrogens is 2. The van der Waals surface area contributed by atoms with E-state index in [1.54, 1.807) is 18.2 Å². The van der Waals surface area contributed by atoms with Crippen LogP contribution in [0.2, 0.25) is 5.02 Å². The standard InChI is InChI=1S/C19H19ClFN5O/c20-15-9-12(21)1-4-17(15)26-18(11-25-7-5-23-6-8-25)24-16-10-13(22)2-3-14(16)19(26)27/h1-4,9-10,23H,5-8,11,22H2. The molecule has 8 heteroatoms. The lowest BCUT2D eigenvalue weighted by molar-refractivity contribution is 0.226. The molecular weight excluding hydrogens is 369 g/mol. The molecule has 6 nitrogen and oxygen atoms in total. The van der Waals surface area contributed by atoms with Crippen molar-refractivity contribution in [2.75, 3.05) is 31.9 Å². The van der Waals surface area contributed by atoms with Gasteiger partial charge in [-0.25, -0.2) is 9.37 Å². The number of anilines is 1. The molecule has 0 radical (unpaired) electrons. The van der Waals surface area contributed by atoms with Crippen LogP contribution in [0.3, 0.4) is 0 Å². The van der Waals surface area contributed by atoms with Gasteiger partial charge in [-0.05, 0) is 36.4 Å². The predicted octanol–water partition coefficient (Wildman–Crippen LogP) is 2.17. The average molecular weight is 388 g/mol. The number of nitrogens with zero attached hydrogens (tertiary/aromatic N) is 3. The van der Waals surface area contributed by atoms with Gasteiger partial charge in [0.05, 0.1) is 28.2 Å². The molecule has 0 aliphatic carbocycles. The van der Waals surface area contributed by atoms with E-state index in [2.05, 4.69) is 10.2 Å². The van der Waals surface area contributed by atoms with Crippen molar-refractivity contribution in [1.29, 1.82) is 0 Å². The highest BCUT2D eigenvalue weighted by molar-refractivity contribution is 6.32. The Balaban J connectivity index is 1.93. The van der Waals surface area contributed by atoms with Crippen molar-refractivity contribution in [3.8, 4) is 5.69 Å². The molecule has 1 saturated heterocycles. The first-order valence-electron chi connectivity index (χ1n) is 8.72. The highest BCUT2D eigenvalue weighted by Gasteiger charge is 2.19. The fourth-order valence-corrected chi connectivity index (χ4v) is 3.59. The minimum atomic E-state index is -0.457. The second-order valence-electron chi connectivity index (χ2n) is 6.57. The summed E-state index contributed by atoms with van der Waals surface area (Å²) in [6.07, 6.45) is 0. The second kappa shape index (κ2) is 7.26. The first-order chi connectivity index (χ1) is 13.0. The van der Waals surface area contributed by atoms with E-state index in [1.807, 2.05) is 0 Å². The number of hydrogen-bond donors (Lipinski definition) is 2. The summed E-state index contributed by atoms with van der Waals surface area (Å²) in [4.78, 5) is 20.2. The van der Waals surface area contributed by atoms with E-state index in [-0.39, 0.29) is 10.6 Å². The van der Waals surface area contributed by atoms with E-state index in [0.717, 1.165) is 26.2 Å². The highest BCUT2D eigenvalue weighted by Crippen LogP contribution is 2.23. The third-order valence-corrected chi connectivity index (χ3v) is 4.99. The molecule has 27 heavy (non-hydrogen) atoms. The molecule has 3 aromatic rings.